The average molecular weight is 424 g/mol. The molecule has 0 aliphatic rings. The molecule has 162 valence electrons. The van der Waals surface area contributed by atoms with Gasteiger partial charge >= 0.3 is 5.97 Å². The van der Waals surface area contributed by atoms with Gasteiger partial charge in [0.1, 0.15) is 5.82 Å². The van der Waals surface area contributed by atoms with Crippen molar-refractivity contribution < 1.29 is 14.3 Å². The second kappa shape index (κ2) is 10.4. The number of hydrogen-bond acceptors (Lipinski definition) is 7. The molecular formula is C22H25FN6O2. The maximum Gasteiger partial charge on any atom is 0.335 e. The average Bonchev–Trinajstić information content (AvgIpc) is 2.77. The summed E-state index contributed by atoms with van der Waals surface area (Å²) in [4.78, 5) is 23.5. The molecule has 3 aromatic rings. The molecule has 5 N–H and O–H groups in total. The van der Waals surface area contributed by atoms with Crippen LogP contribution >= 0.6 is 0 Å². The number of nitrogens with two attached hydrogens (primary N) is 1. The van der Waals surface area contributed by atoms with Crippen molar-refractivity contribution in [3.63, 3.8) is 0 Å². The molecule has 0 saturated heterocycles. The first-order chi connectivity index (χ1) is 15.0. The van der Waals surface area contributed by atoms with E-state index in [1.54, 1.807) is 24.4 Å². The van der Waals surface area contributed by atoms with Crippen molar-refractivity contribution >= 4 is 23.4 Å². The van der Waals surface area contributed by atoms with Crippen LogP contribution in [-0.4, -0.2) is 39.1 Å². The van der Waals surface area contributed by atoms with Crippen molar-refractivity contribution in [2.45, 2.75) is 26.2 Å². The Hall–Kier alpha value is -3.59. The van der Waals surface area contributed by atoms with Crippen LogP contribution in [0.3, 0.4) is 0 Å². The van der Waals surface area contributed by atoms with Crippen LogP contribution in [0.25, 0.3) is 11.1 Å². The smallest absolute Gasteiger partial charge is 0.335 e. The Bertz CT molecular complexity index is 1040. The van der Waals surface area contributed by atoms with Crippen molar-refractivity contribution in [1.82, 2.24) is 15.0 Å². The second-order valence-electron chi connectivity index (χ2n) is 7.07. The Kier molecular flexibility index (Phi) is 7.45. The number of aryl methyl sites for hydroxylation is 1. The molecule has 3 rings (SSSR count). The van der Waals surface area contributed by atoms with Gasteiger partial charge < -0.3 is 21.5 Å². The number of nitrogens with zero attached hydrogens (tertiary/aromatic N) is 3. The number of nitrogens with one attached hydrogen (secondary N) is 2. The van der Waals surface area contributed by atoms with E-state index >= 15 is 0 Å². The lowest BCUT2D eigenvalue weighted by Crippen LogP contribution is -2.09. The standard InChI is InChI=1S/C22H25FN6O2/c1-14-12-27-22(29-20(14)25-10-4-2-3-9-24)28-18-11-17(13-26-19(18)23)15-5-7-16(8-6-15)21(30)31/h5-8,11-13H,2-4,9-10,24H2,1H3,(H,30,31)(H2,25,27,28,29). The molecule has 0 amide bonds. The fraction of sp³-hybridized carbons (Fsp3) is 0.273. The van der Waals surface area contributed by atoms with Gasteiger partial charge in [0.15, 0.2) is 0 Å². The normalized spacial score (nSPS) is 10.7. The Morgan fingerprint density at radius 1 is 1.10 bits per heavy atom. The van der Waals surface area contributed by atoms with Crippen LogP contribution in [0.1, 0.15) is 35.2 Å². The van der Waals surface area contributed by atoms with Crippen molar-refractivity contribution in [2.75, 3.05) is 23.7 Å². The van der Waals surface area contributed by atoms with Gasteiger partial charge in [0.25, 0.3) is 0 Å². The largest absolute Gasteiger partial charge is 0.478 e. The van der Waals surface area contributed by atoms with Crippen LogP contribution < -0.4 is 16.4 Å². The van der Waals surface area contributed by atoms with E-state index in [0.717, 1.165) is 31.4 Å². The highest BCUT2D eigenvalue weighted by Gasteiger charge is 2.11. The number of anilines is 3. The second-order valence-corrected chi connectivity index (χ2v) is 7.07. The summed E-state index contributed by atoms with van der Waals surface area (Å²) in [5.74, 6) is -0.772. The number of aromatic nitrogens is 3. The van der Waals surface area contributed by atoms with Gasteiger partial charge in [-0.3, -0.25) is 0 Å². The zero-order chi connectivity index (χ0) is 22.2. The lowest BCUT2D eigenvalue weighted by Gasteiger charge is -2.12. The molecule has 0 radical (unpaired) electrons. The van der Waals surface area contributed by atoms with Gasteiger partial charge in [-0.1, -0.05) is 18.6 Å². The number of carbonyl (C=O) groups is 1. The first-order valence-corrected chi connectivity index (χ1v) is 10.0. The predicted molar refractivity (Wildman–Crippen MR) is 118 cm³/mol. The SMILES string of the molecule is Cc1cnc(Nc2cc(-c3ccc(C(=O)O)cc3)cnc2F)nc1NCCCCCN. The molecule has 0 aliphatic heterocycles. The zero-order valence-corrected chi connectivity index (χ0v) is 17.2. The van der Waals surface area contributed by atoms with E-state index in [-0.39, 0.29) is 17.2 Å². The summed E-state index contributed by atoms with van der Waals surface area (Å²) in [7, 11) is 0. The molecule has 0 aliphatic carbocycles. The molecule has 0 fully saturated rings. The summed E-state index contributed by atoms with van der Waals surface area (Å²) < 4.78 is 14.3. The summed E-state index contributed by atoms with van der Waals surface area (Å²) in [6, 6.07) is 7.86. The highest BCUT2D eigenvalue weighted by Crippen LogP contribution is 2.26. The minimum Gasteiger partial charge on any atom is -0.478 e. The van der Waals surface area contributed by atoms with Crippen LogP contribution in [0.4, 0.5) is 21.8 Å². The number of carboxylic acid groups (broad SMARTS) is 1. The predicted octanol–water partition coefficient (Wildman–Crippen LogP) is 3.97. The Balaban J connectivity index is 1.75. The number of hydrogen-bond donors (Lipinski definition) is 4. The van der Waals surface area contributed by atoms with Crippen LogP contribution in [0, 0.1) is 12.9 Å². The zero-order valence-electron chi connectivity index (χ0n) is 17.2. The van der Waals surface area contributed by atoms with Gasteiger partial charge in [-0.25, -0.2) is 14.8 Å². The fourth-order valence-corrected chi connectivity index (χ4v) is 2.95. The van der Waals surface area contributed by atoms with Gasteiger partial charge in [-0.2, -0.15) is 9.37 Å². The van der Waals surface area contributed by atoms with E-state index in [1.165, 1.54) is 18.3 Å². The van der Waals surface area contributed by atoms with E-state index in [4.69, 9.17) is 10.8 Å². The number of carboxylic acids is 1. The van der Waals surface area contributed by atoms with Crippen LogP contribution in [0.15, 0.2) is 42.7 Å². The van der Waals surface area contributed by atoms with E-state index < -0.39 is 11.9 Å². The molecular weight excluding hydrogens is 399 g/mol. The summed E-state index contributed by atoms with van der Waals surface area (Å²) in [5.41, 5.74) is 8.03. The number of unbranched alkanes of at least 4 members (excludes halogenated alkanes) is 2. The molecule has 9 heteroatoms. The number of aromatic carboxylic acids is 1. The maximum atomic E-state index is 14.3. The van der Waals surface area contributed by atoms with Crippen molar-refractivity contribution in [3.8, 4) is 11.1 Å². The Morgan fingerprint density at radius 2 is 1.87 bits per heavy atom. The lowest BCUT2D eigenvalue weighted by atomic mass is 10.1. The van der Waals surface area contributed by atoms with E-state index in [9.17, 15) is 9.18 Å². The number of benzene rings is 1. The molecule has 0 bridgehead atoms. The Labute approximate surface area is 179 Å². The summed E-state index contributed by atoms with van der Waals surface area (Å²) in [6.07, 6.45) is 6.05. The van der Waals surface area contributed by atoms with Crippen molar-refractivity contribution in [2.24, 2.45) is 5.73 Å². The molecule has 0 spiro atoms. The fourth-order valence-electron chi connectivity index (χ4n) is 2.95. The van der Waals surface area contributed by atoms with Crippen LogP contribution in [0.2, 0.25) is 0 Å². The minimum atomic E-state index is -1.01. The molecule has 2 aromatic heterocycles. The molecule has 0 unspecified atom stereocenters. The molecule has 2 heterocycles. The topological polar surface area (TPSA) is 126 Å². The van der Waals surface area contributed by atoms with Crippen molar-refractivity contribution in [1.29, 1.82) is 0 Å². The van der Waals surface area contributed by atoms with E-state index in [2.05, 4.69) is 25.6 Å². The highest BCUT2D eigenvalue weighted by atomic mass is 19.1. The molecule has 0 saturated carbocycles. The minimum absolute atomic E-state index is 0.123. The third-order valence-electron chi connectivity index (χ3n) is 4.70. The van der Waals surface area contributed by atoms with E-state index in [0.29, 0.717) is 23.5 Å². The van der Waals surface area contributed by atoms with E-state index in [1.807, 2.05) is 6.92 Å². The number of rotatable bonds is 10. The van der Waals surface area contributed by atoms with Gasteiger partial charge in [0.2, 0.25) is 11.9 Å². The molecule has 0 atom stereocenters. The van der Waals surface area contributed by atoms with Crippen LogP contribution in [0.5, 0.6) is 0 Å². The van der Waals surface area contributed by atoms with Crippen molar-refractivity contribution in [3.05, 3.63) is 59.8 Å². The monoisotopic (exact) mass is 424 g/mol. The summed E-state index contributed by atoms with van der Waals surface area (Å²) in [6.45, 7) is 3.34. The lowest BCUT2D eigenvalue weighted by molar-refractivity contribution is 0.0697. The van der Waals surface area contributed by atoms with Gasteiger partial charge in [-0.15, -0.1) is 0 Å². The first kappa shape index (κ1) is 22.1. The maximum absolute atomic E-state index is 14.3. The van der Waals surface area contributed by atoms with Gasteiger partial charge in [0, 0.05) is 30.1 Å². The quantitative estimate of drug-likeness (QED) is 0.284. The van der Waals surface area contributed by atoms with Gasteiger partial charge in [-0.05, 0) is 50.1 Å². The third kappa shape index (κ3) is 5.95. The summed E-state index contributed by atoms with van der Waals surface area (Å²) >= 11 is 0. The van der Waals surface area contributed by atoms with Gasteiger partial charge in [0.05, 0.1) is 11.3 Å². The summed E-state index contributed by atoms with van der Waals surface area (Å²) in [5, 5.41) is 15.2. The molecule has 31 heavy (non-hydrogen) atoms. The number of halogens is 1. The molecule has 1 aromatic carbocycles. The highest BCUT2D eigenvalue weighted by molar-refractivity contribution is 5.88. The Morgan fingerprint density at radius 3 is 2.58 bits per heavy atom. The van der Waals surface area contributed by atoms with Crippen LogP contribution in [-0.2, 0) is 0 Å². The first-order valence-electron chi connectivity index (χ1n) is 10.0. The third-order valence-corrected chi connectivity index (χ3v) is 4.70. The number of pyridine rings is 1. The molecule has 8 nitrogen and oxygen atoms in total.